The van der Waals surface area contributed by atoms with E-state index < -0.39 is 0 Å². The second-order valence-electron chi connectivity index (χ2n) is 5.47. The lowest BCUT2D eigenvalue weighted by molar-refractivity contribution is 0.129. The molecule has 0 saturated carbocycles. The second kappa shape index (κ2) is 6.79. The van der Waals surface area contributed by atoms with Gasteiger partial charge < -0.3 is 19.7 Å². The number of furan rings is 1. The molecule has 2 amide bonds. The van der Waals surface area contributed by atoms with Crippen molar-refractivity contribution in [3.8, 4) is 0 Å². The quantitative estimate of drug-likeness (QED) is 0.891. The van der Waals surface area contributed by atoms with Gasteiger partial charge in [0.25, 0.3) is 0 Å². The van der Waals surface area contributed by atoms with Crippen LogP contribution in [0.25, 0.3) is 0 Å². The molecule has 1 aliphatic rings. The first-order chi connectivity index (χ1) is 9.61. The molecular weight excluding hydrogens is 256 g/mol. The van der Waals surface area contributed by atoms with Crippen LogP contribution in [0.3, 0.4) is 0 Å². The van der Waals surface area contributed by atoms with E-state index in [1.807, 2.05) is 30.9 Å². The molecule has 1 aromatic rings. The number of nitrogens with zero attached hydrogens (tertiary/aromatic N) is 1. The van der Waals surface area contributed by atoms with Crippen LogP contribution < -0.4 is 5.32 Å². The highest BCUT2D eigenvalue weighted by Crippen LogP contribution is 2.21. The van der Waals surface area contributed by atoms with Crippen LogP contribution in [-0.4, -0.2) is 35.2 Å². The third-order valence-corrected chi connectivity index (χ3v) is 3.88. The molecule has 112 valence electrons. The normalized spacial score (nSPS) is 20.8. The summed E-state index contributed by atoms with van der Waals surface area (Å²) in [5, 5.41) is 12.1. The minimum absolute atomic E-state index is 0.0651. The lowest BCUT2D eigenvalue weighted by atomic mass is 10.00. The van der Waals surface area contributed by atoms with E-state index in [4.69, 9.17) is 9.52 Å². The molecule has 20 heavy (non-hydrogen) atoms. The second-order valence-corrected chi connectivity index (χ2v) is 5.47. The fourth-order valence-electron chi connectivity index (χ4n) is 2.74. The molecule has 5 heteroatoms. The van der Waals surface area contributed by atoms with Gasteiger partial charge in [0.1, 0.15) is 11.5 Å². The molecule has 2 atom stereocenters. The van der Waals surface area contributed by atoms with Crippen LogP contribution in [0.4, 0.5) is 4.79 Å². The molecule has 1 aliphatic heterocycles. The minimum atomic E-state index is -0.145. The zero-order chi connectivity index (χ0) is 14.5. The monoisotopic (exact) mass is 280 g/mol. The van der Waals surface area contributed by atoms with Gasteiger partial charge in [0, 0.05) is 19.2 Å². The molecule has 5 nitrogen and oxygen atoms in total. The highest BCUT2D eigenvalue weighted by atomic mass is 16.3. The molecule has 1 fully saturated rings. The topological polar surface area (TPSA) is 65.7 Å². The van der Waals surface area contributed by atoms with Crippen molar-refractivity contribution in [3.63, 3.8) is 0 Å². The van der Waals surface area contributed by atoms with E-state index in [-0.39, 0.29) is 24.7 Å². The number of aliphatic hydroxyl groups excluding tert-OH is 1. The van der Waals surface area contributed by atoms with E-state index in [0.29, 0.717) is 6.42 Å². The van der Waals surface area contributed by atoms with E-state index in [1.165, 1.54) is 0 Å². The van der Waals surface area contributed by atoms with Crippen LogP contribution >= 0.6 is 0 Å². The molecular formula is C15H24N2O3. The van der Waals surface area contributed by atoms with Crippen molar-refractivity contribution in [2.45, 2.75) is 51.6 Å². The summed E-state index contributed by atoms with van der Waals surface area (Å²) in [5.74, 6) is 1.61. The van der Waals surface area contributed by atoms with Crippen LogP contribution in [0.1, 0.15) is 50.2 Å². The Hall–Kier alpha value is -1.49. The lowest BCUT2D eigenvalue weighted by Gasteiger charge is -2.36. The van der Waals surface area contributed by atoms with Crippen molar-refractivity contribution < 1.29 is 14.3 Å². The number of urea groups is 1. The Morgan fingerprint density at radius 3 is 3.00 bits per heavy atom. The maximum absolute atomic E-state index is 12.4. The van der Waals surface area contributed by atoms with Gasteiger partial charge in [-0.05, 0) is 51.7 Å². The zero-order valence-electron chi connectivity index (χ0n) is 12.3. The first-order valence-corrected chi connectivity index (χ1v) is 7.36. The molecule has 1 aromatic heterocycles. The summed E-state index contributed by atoms with van der Waals surface area (Å²) in [6, 6.07) is 3.73. The van der Waals surface area contributed by atoms with Gasteiger partial charge in [-0.15, -0.1) is 0 Å². The van der Waals surface area contributed by atoms with Crippen molar-refractivity contribution in [2.24, 2.45) is 0 Å². The molecule has 2 N–H and O–H groups in total. The number of aliphatic hydroxyl groups is 1. The number of likely N-dealkylation sites (tertiary alicyclic amines) is 1. The predicted molar refractivity (Wildman–Crippen MR) is 76.4 cm³/mol. The number of hydrogen-bond donors (Lipinski definition) is 2. The fourth-order valence-corrected chi connectivity index (χ4v) is 2.74. The van der Waals surface area contributed by atoms with Gasteiger partial charge in [0.2, 0.25) is 0 Å². The number of carbonyl (C=O) groups is 1. The van der Waals surface area contributed by atoms with Crippen LogP contribution in [0.2, 0.25) is 0 Å². The third-order valence-electron chi connectivity index (χ3n) is 3.88. The Morgan fingerprint density at radius 1 is 1.55 bits per heavy atom. The highest BCUT2D eigenvalue weighted by Gasteiger charge is 2.27. The van der Waals surface area contributed by atoms with Crippen LogP contribution in [0, 0.1) is 6.92 Å². The molecule has 2 rings (SSSR count). The standard InChI is InChI=1S/C15H24N2O3/c1-11-6-7-14(20-11)12(2)16-15(19)17-9-4-3-5-13(17)8-10-18/h6-7,12-13,18H,3-5,8-10H2,1-2H3,(H,16,19). The van der Waals surface area contributed by atoms with Crippen molar-refractivity contribution >= 4 is 6.03 Å². The van der Waals surface area contributed by atoms with E-state index in [2.05, 4.69) is 5.32 Å². The van der Waals surface area contributed by atoms with Gasteiger partial charge in [0.15, 0.2) is 0 Å². The van der Waals surface area contributed by atoms with Gasteiger partial charge >= 0.3 is 6.03 Å². The number of carbonyl (C=O) groups excluding carboxylic acids is 1. The predicted octanol–water partition coefficient (Wildman–Crippen LogP) is 2.60. The Labute approximate surface area is 119 Å². The van der Waals surface area contributed by atoms with Crippen LogP contribution in [0.5, 0.6) is 0 Å². The zero-order valence-corrected chi connectivity index (χ0v) is 12.3. The number of aryl methyl sites for hydroxylation is 1. The van der Waals surface area contributed by atoms with E-state index >= 15 is 0 Å². The lowest BCUT2D eigenvalue weighted by Crippen LogP contribution is -2.49. The van der Waals surface area contributed by atoms with Crippen LogP contribution in [-0.2, 0) is 0 Å². The van der Waals surface area contributed by atoms with Gasteiger partial charge in [-0.3, -0.25) is 0 Å². The smallest absolute Gasteiger partial charge is 0.318 e. The summed E-state index contributed by atoms with van der Waals surface area (Å²) in [4.78, 5) is 14.2. The number of hydrogen-bond acceptors (Lipinski definition) is 3. The molecule has 2 heterocycles. The number of rotatable bonds is 4. The number of piperidine rings is 1. The summed E-state index contributed by atoms with van der Waals surface area (Å²) < 4.78 is 5.53. The van der Waals surface area contributed by atoms with Crippen LogP contribution in [0.15, 0.2) is 16.5 Å². The Morgan fingerprint density at radius 2 is 2.35 bits per heavy atom. The molecule has 0 aromatic carbocycles. The van der Waals surface area contributed by atoms with Gasteiger partial charge in [0.05, 0.1) is 6.04 Å². The largest absolute Gasteiger partial charge is 0.464 e. The maximum Gasteiger partial charge on any atom is 0.318 e. The first-order valence-electron chi connectivity index (χ1n) is 7.36. The van der Waals surface area contributed by atoms with Gasteiger partial charge in [-0.25, -0.2) is 4.79 Å². The third kappa shape index (κ3) is 3.54. The van der Waals surface area contributed by atoms with E-state index in [0.717, 1.165) is 37.3 Å². The fraction of sp³-hybridized carbons (Fsp3) is 0.667. The average molecular weight is 280 g/mol. The summed E-state index contributed by atoms with van der Waals surface area (Å²) in [6.07, 6.45) is 3.79. The van der Waals surface area contributed by atoms with Gasteiger partial charge in [-0.1, -0.05) is 0 Å². The number of nitrogens with one attached hydrogen (secondary N) is 1. The molecule has 1 saturated heterocycles. The molecule has 0 spiro atoms. The Balaban J connectivity index is 1.95. The average Bonchev–Trinajstić information content (AvgIpc) is 2.86. The highest BCUT2D eigenvalue weighted by molar-refractivity contribution is 5.75. The van der Waals surface area contributed by atoms with Crippen molar-refractivity contribution in [1.29, 1.82) is 0 Å². The first kappa shape index (κ1) is 14.9. The van der Waals surface area contributed by atoms with E-state index in [1.54, 1.807) is 0 Å². The summed E-state index contributed by atoms with van der Waals surface area (Å²) in [5.41, 5.74) is 0. The summed E-state index contributed by atoms with van der Waals surface area (Å²) in [7, 11) is 0. The van der Waals surface area contributed by atoms with Crippen molar-refractivity contribution in [2.75, 3.05) is 13.2 Å². The van der Waals surface area contributed by atoms with Gasteiger partial charge in [-0.2, -0.15) is 0 Å². The SMILES string of the molecule is Cc1ccc(C(C)NC(=O)N2CCCCC2CCO)o1. The van der Waals surface area contributed by atoms with Crippen molar-refractivity contribution in [1.82, 2.24) is 10.2 Å². The Bertz CT molecular complexity index is 442. The van der Waals surface area contributed by atoms with Crippen molar-refractivity contribution in [3.05, 3.63) is 23.7 Å². The molecule has 0 aliphatic carbocycles. The Kier molecular flexibility index (Phi) is 5.06. The summed E-state index contributed by atoms with van der Waals surface area (Å²) in [6.45, 7) is 4.70. The minimum Gasteiger partial charge on any atom is -0.464 e. The number of amides is 2. The molecule has 2 unspecified atom stereocenters. The summed E-state index contributed by atoms with van der Waals surface area (Å²) >= 11 is 0. The molecule has 0 bridgehead atoms. The maximum atomic E-state index is 12.4. The molecule has 0 radical (unpaired) electrons. The van der Waals surface area contributed by atoms with E-state index in [9.17, 15) is 4.79 Å².